The Hall–Kier alpha value is -1.62. The predicted molar refractivity (Wildman–Crippen MR) is 61.7 cm³/mol. The van der Waals surface area contributed by atoms with Crippen LogP contribution in [0.15, 0.2) is 30.7 Å². The van der Waals surface area contributed by atoms with E-state index in [9.17, 15) is 0 Å². The van der Waals surface area contributed by atoms with E-state index in [0.29, 0.717) is 6.04 Å². The molecule has 0 aliphatic heterocycles. The first-order chi connectivity index (χ1) is 7.84. The minimum atomic E-state index is 0.465. The Labute approximate surface area is 94.9 Å². The highest BCUT2D eigenvalue weighted by Crippen LogP contribution is 1.97. The predicted octanol–water partition coefficient (Wildman–Crippen LogP) is 1.17. The van der Waals surface area contributed by atoms with Crippen LogP contribution < -0.4 is 5.32 Å². The zero-order valence-corrected chi connectivity index (χ0v) is 9.43. The van der Waals surface area contributed by atoms with Gasteiger partial charge in [-0.05, 0) is 25.5 Å². The molecule has 16 heavy (non-hydrogen) atoms. The molecule has 0 saturated carbocycles. The van der Waals surface area contributed by atoms with E-state index in [-0.39, 0.29) is 0 Å². The van der Waals surface area contributed by atoms with Gasteiger partial charge in [0, 0.05) is 43.4 Å². The van der Waals surface area contributed by atoms with Crippen LogP contribution in [-0.2, 0) is 13.1 Å². The molecule has 0 saturated heterocycles. The smallest absolute Gasteiger partial charge is 0.0490 e. The van der Waals surface area contributed by atoms with Crippen molar-refractivity contribution in [3.05, 3.63) is 36.4 Å². The van der Waals surface area contributed by atoms with Gasteiger partial charge in [-0.1, -0.05) is 0 Å². The van der Waals surface area contributed by atoms with Crippen LogP contribution in [-0.4, -0.2) is 26.0 Å². The first-order valence-corrected chi connectivity index (χ1v) is 5.53. The maximum absolute atomic E-state index is 4.17. The van der Waals surface area contributed by atoms with Gasteiger partial charge in [0.2, 0.25) is 0 Å². The van der Waals surface area contributed by atoms with E-state index in [1.165, 1.54) is 0 Å². The second-order valence-corrected chi connectivity index (χ2v) is 3.92. The van der Waals surface area contributed by atoms with Crippen LogP contribution in [0.3, 0.4) is 0 Å². The summed E-state index contributed by atoms with van der Waals surface area (Å²) in [7, 11) is 0. The molecule has 1 unspecified atom stereocenters. The van der Waals surface area contributed by atoms with Crippen LogP contribution in [0.2, 0.25) is 0 Å². The number of H-pyrrole nitrogens is 1. The molecule has 5 heteroatoms. The average molecular weight is 219 g/mol. The lowest BCUT2D eigenvalue weighted by Crippen LogP contribution is -2.27. The molecule has 86 valence electrons. The Kier molecular flexibility index (Phi) is 3.71. The molecule has 5 nitrogen and oxygen atoms in total. The second kappa shape index (κ2) is 5.46. The van der Waals surface area contributed by atoms with Crippen LogP contribution in [0.4, 0.5) is 0 Å². The monoisotopic (exact) mass is 219 g/mol. The van der Waals surface area contributed by atoms with Crippen LogP contribution in [0.25, 0.3) is 0 Å². The van der Waals surface area contributed by atoms with Crippen LogP contribution in [0.5, 0.6) is 0 Å². The Morgan fingerprint density at radius 1 is 1.50 bits per heavy atom. The minimum Gasteiger partial charge on any atom is -0.309 e. The summed E-state index contributed by atoms with van der Waals surface area (Å²) in [5.74, 6) is 0. The number of aromatic amines is 1. The van der Waals surface area contributed by atoms with Crippen molar-refractivity contribution in [2.24, 2.45) is 0 Å². The molecular weight excluding hydrogens is 202 g/mol. The van der Waals surface area contributed by atoms with Crippen molar-refractivity contribution in [1.82, 2.24) is 25.3 Å². The van der Waals surface area contributed by atoms with Crippen molar-refractivity contribution in [3.8, 4) is 0 Å². The van der Waals surface area contributed by atoms with Gasteiger partial charge in [-0.2, -0.15) is 10.2 Å². The summed E-state index contributed by atoms with van der Waals surface area (Å²) in [6, 6.07) is 4.39. The fraction of sp³-hybridized carbons (Fsp3) is 0.455. The van der Waals surface area contributed by atoms with Crippen molar-refractivity contribution in [3.63, 3.8) is 0 Å². The van der Waals surface area contributed by atoms with Crippen molar-refractivity contribution >= 4 is 0 Å². The third kappa shape index (κ3) is 3.20. The first-order valence-electron chi connectivity index (χ1n) is 5.53. The summed E-state index contributed by atoms with van der Waals surface area (Å²) in [5.41, 5.74) is 1.12. The van der Waals surface area contributed by atoms with Gasteiger partial charge in [0.1, 0.15) is 0 Å². The number of nitrogens with zero attached hydrogens (tertiary/aromatic N) is 3. The van der Waals surface area contributed by atoms with Gasteiger partial charge in [0.15, 0.2) is 0 Å². The number of hydrogen-bond donors (Lipinski definition) is 2. The van der Waals surface area contributed by atoms with E-state index in [4.69, 9.17) is 0 Å². The Balaban J connectivity index is 1.66. The largest absolute Gasteiger partial charge is 0.309 e. The average Bonchev–Trinajstić information content (AvgIpc) is 2.96. The van der Waals surface area contributed by atoms with Gasteiger partial charge < -0.3 is 5.32 Å². The standard InChI is InChI=1S/C11H17N5/c1-10(4-8-16-7-2-5-14-16)12-9-11-3-6-13-15-11/h2-3,5-7,10,12H,4,8-9H2,1H3,(H,13,15). The van der Waals surface area contributed by atoms with E-state index < -0.39 is 0 Å². The van der Waals surface area contributed by atoms with Gasteiger partial charge in [-0.25, -0.2) is 0 Å². The summed E-state index contributed by atoms with van der Waals surface area (Å²) in [5, 5.41) is 14.4. The molecule has 0 aromatic carbocycles. The molecule has 0 fully saturated rings. The molecule has 0 aliphatic carbocycles. The molecular formula is C11H17N5. The zero-order valence-electron chi connectivity index (χ0n) is 9.43. The third-order valence-corrected chi connectivity index (χ3v) is 2.55. The van der Waals surface area contributed by atoms with E-state index in [1.807, 2.05) is 29.2 Å². The molecule has 0 radical (unpaired) electrons. The molecule has 2 aromatic heterocycles. The molecule has 2 N–H and O–H groups in total. The van der Waals surface area contributed by atoms with Crippen LogP contribution in [0.1, 0.15) is 19.0 Å². The van der Waals surface area contributed by atoms with Crippen LogP contribution >= 0.6 is 0 Å². The van der Waals surface area contributed by atoms with E-state index >= 15 is 0 Å². The fourth-order valence-corrected chi connectivity index (χ4v) is 1.53. The summed E-state index contributed by atoms with van der Waals surface area (Å²) in [6.07, 6.45) is 6.63. The van der Waals surface area contributed by atoms with Crippen LogP contribution in [0, 0.1) is 0 Å². The number of nitrogens with one attached hydrogen (secondary N) is 2. The number of aromatic nitrogens is 4. The normalized spacial score (nSPS) is 12.8. The summed E-state index contributed by atoms with van der Waals surface area (Å²) < 4.78 is 1.95. The number of aryl methyl sites for hydroxylation is 1. The molecule has 0 amide bonds. The molecule has 1 atom stereocenters. The minimum absolute atomic E-state index is 0.465. The van der Waals surface area contributed by atoms with Crippen molar-refractivity contribution < 1.29 is 0 Å². The lowest BCUT2D eigenvalue weighted by Gasteiger charge is -2.12. The van der Waals surface area contributed by atoms with Gasteiger partial charge in [-0.3, -0.25) is 9.78 Å². The Morgan fingerprint density at radius 2 is 2.44 bits per heavy atom. The molecule has 2 rings (SSSR count). The maximum Gasteiger partial charge on any atom is 0.0490 e. The lowest BCUT2D eigenvalue weighted by atomic mass is 10.2. The highest BCUT2D eigenvalue weighted by atomic mass is 15.3. The van der Waals surface area contributed by atoms with Gasteiger partial charge in [0.05, 0.1) is 0 Å². The Bertz CT molecular complexity index is 340. The Morgan fingerprint density at radius 3 is 3.12 bits per heavy atom. The molecule has 2 aromatic rings. The quantitative estimate of drug-likeness (QED) is 0.767. The van der Waals surface area contributed by atoms with E-state index in [2.05, 4.69) is 27.5 Å². The van der Waals surface area contributed by atoms with Crippen molar-refractivity contribution in [2.45, 2.75) is 32.5 Å². The summed E-state index contributed by atoms with van der Waals surface area (Å²) in [4.78, 5) is 0. The highest BCUT2D eigenvalue weighted by molar-refractivity contribution is 4.96. The molecule has 0 bridgehead atoms. The van der Waals surface area contributed by atoms with Crippen molar-refractivity contribution in [2.75, 3.05) is 0 Å². The second-order valence-electron chi connectivity index (χ2n) is 3.92. The zero-order chi connectivity index (χ0) is 11.2. The molecule has 2 heterocycles. The van der Waals surface area contributed by atoms with Crippen molar-refractivity contribution in [1.29, 1.82) is 0 Å². The fourth-order valence-electron chi connectivity index (χ4n) is 1.53. The van der Waals surface area contributed by atoms with Gasteiger partial charge >= 0.3 is 0 Å². The first kappa shape index (κ1) is 10.9. The number of rotatable bonds is 6. The SMILES string of the molecule is CC(CCn1cccn1)NCc1ccn[nH]1. The topological polar surface area (TPSA) is 58.5 Å². The lowest BCUT2D eigenvalue weighted by molar-refractivity contribution is 0.455. The third-order valence-electron chi connectivity index (χ3n) is 2.55. The van der Waals surface area contributed by atoms with E-state index in [0.717, 1.165) is 25.2 Å². The van der Waals surface area contributed by atoms with E-state index in [1.54, 1.807) is 6.20 Å². The molecule has 0 aliphatic rings. The highest BCUT2D eigenvalue weighted by Gasteiger charge is 2.02. The number of hydrogen-bond acceptors (Lipinski definition) is 3. The molecule has 0 spiro atoms. The maximum atomic E-state index is 4.17. The van der Waals surface area contributed by atoms with Gasteiger partial charge in [-0.15, -0.1) is 0 Å². The summed E-state index contributed by atoms with van der Waals surface area (Å²) >= 11 is 0. The summed E-state index contributed by atoms with van der Waals surface area (Å²) in [6.45, 7) is 3.96. The van der Waals surface area contributed by atoms with Gasteiger partial charge in [0.25, 0.3) is 0 Å².